The number of aliphatic imine (C=N–C) groups is 1. The van der Waals surface area contributed by atoms with Gasteiger partial charge in [0.25, 0.3) is 0 Å². The highest BCUT2D eigenvalue weighted by atomic mass is 15.1. The molecule has 4 heteroatoms. The molecule has 1 N–H and O–H groups in total. The lowest BCUT2D eigenvalue weighted by Crippen LogP contribution is -2.23. The number of aromatic nitrogens is 1. The maximum Gasteiger partial charge on any atom is 0.0579 e. The number of nitrogens with one attached hydrogen (secondary N) is 1. The summed E-state index contributed by atoms with van der Waals surface area (Å²) < 4.78 is 2.49. The van der Waals surface area contributed by atoms with Gasteiger partial charge >= 0.3 is 0 Å². The van der Waals surface area contributed by atoms with E-state index in [1.54, 1.807) is 0 Å². The van der Waals surface area contributed by atoms with Crippen LogP contribution >= 0.6 is 0 Å². The quantitative estimate of drug-likeness (QED) is 0.0896. The molecular formula is C52H52N4. The van der Waals surface area contributed by atoms with Crippen LogP contribution in [0.3, 0.4) is 0 Å². The molecule has 2 aliphatic carbocycles. The van der Waals surface area contributed by atoms with Gasteiger partial charge in [-0.05, 0) is 151 Å². The molecule has 0 radical (unpaired) electrons. The summed E-state index contributed by atoms with van der Waals surface area (Å²) in [6.45, 7) is 17.1. The number of rotatable bonds is 14. The molecule has 0 unspecified atom stereocenters. The van der Waals surface area contributed by atoms with Gasteiger partial charge in [0.2, 0.25) is 0 Å². The molecule has 0 amide bonds. The highest BCUT2D eigenvalue weighted by Gasteiger charge is 2.34. The fourth-order valence-corrected chi connectivity index (χ4v) is 9.06. The molecular weight excluding hydrogens is 681 g/mol. The first-order valence-corrected chi connectivity index (χ1v) is 20.4. The average molecular weight is 733 g/mol. The van der Waals surface area contributed by atoms with Crippen LogP contribution in [-0.2, 0) is 25.7 Å². The molecule has 0 saturated heterocycles. The van der Waals surface area contributed by atoms with Crippen LogP contribution in [0.4, 0.5) is 5.69 Å². The van der Waals surface area contributed by atoms with Crippen LogP contribution in [0.25, 0.3) is 44.2 Å². The minimum absolute atomic E-state index is 0.723. The maximum absolute atomic E-state index is 8.95. The Morgan fingerprint density at radius 2 is 1.71 bits per heavy atom. The summed E-state index contributed by atoms with van der Waals surface area (Å²) in [6, 6.07) is 22.4. The number of anilines is 1. The van der Waals surface area contributed by atoms with E-state index in [2.05, 4.69) is 145 Å². The summed E-state index contributed by atoms with van der Waals surface area (Å²) in [6.07, 6.45) is 28.3. The van der Waals surface area contributed by atoms with E-state index < -0.39 is 0 Å². The lowest BCUT2D eigenvalue weighted by molar-refractivity contribution is 0.833. The van der Waals surface area contributed by atoms with E-state index in [9.17, 15) is 0 Å². The van der Waals surface area contributed by atoms with Crippen molar-refractivity contribution >= 4 is 45.0 Å². The number of para-hydroxylation sites is 1. The summed E-state index contributed by atoms with van der Waals surface area (Å²) in [4.78, 5) is 7.03. The standard InChI is InChI=1S/C52H52N4/c1-6-10-23-47(53)36-26-29-48-45(32-36)46-34-38-24-27-42-49-37(25-28-43(50(38)49)52(46)56(48)41-21-12-11-13-22-41)33-44(35(5)9-4)51(42)55(40(17-7-2)18-8-3)31-16-20-39-19-14-15-30-54-39/h7-9,11-13,16-19,21-22,26,29-34,53H,2,4-6,10,14-15,20,23-25,27-28H2,1,3H3/b18-8-,31-16-,40-17+,53-47?. The topological polar surface area (TPSA) is 44.4 Å². The van der Waals surface area contributed by atoms with Gasteiger partial charge in [-0.25, -0.2) is 0 Å². The summed E-state index contributed by atoms with van der Waals surface area (Å²) in [5, 5.41) is 11.5. The van der Waals surface area contributed by atoms with Crippen molar-refractivity contribution in [3.63, 3.8) is 0 Å². The predicted molar refractivity (Wildman–Crippen MR) is 242 cm³/mol. The number of nitrogens with zero attached hydrogens (tertiary/aromatic N) is 3. The van der Waals surface area contributed by atoms with E-state index in [0.29, 0.717) is 0 Å². The summed E-state index contributed by atoms with van der Waals surface area (Å²) >= 11 is 0. The van der Waals surface area contributed by atoms with Crippen LogP contribution in [-0.4, -0.2) is 16.5 Å². The number of benzene rings is 4. The number of allylic oxidation sites excluding steroid dienone is 8. The molecule has 0 bridgehead atoms. The molecule has 0 saturated carbocycles. The fraction of sp³-hybridized carbons (Fsp3) is 0.231. The van der Waals surface area contributed by atoms with E-state index in [1.807, 2.05) is 18.4 Å². The van der Waals surface area contributed by atoms with E-state index in [4.69, 9.17) is 5.41 Å². The fourth-order valence-electron chi connectivity index (χ4n) is 9.06. The van der Waals surface area contributed by atoms with Crippen LogP contribution in [0.5, 0.6) is 0 Å². The first-order chi connectivity index (χ1) is 27.5. The maximum atomic E-state index is 8.95. The minimum atomic E-state index is 0.723. The Bertz CT molecular complexity index is 2560. The Hall–Kier alpha value is -6.00. The number of fused-ring (bicyclic) bond motifs is 4. The Balaban J connectivity index is 1.40. The van der Waals surface area contributed by atoms with Crippen molar-refractivity contribution in [1.29, 1.82) is 5.41 Å². The van der Waals surface area contributed by atoms with Gasteiger partial charge in [-0.2, -0.15) is 0 Å². The number of unbranched alkanes of at least 4 members (excludes halogenated alkanes) is 1. The molecule has 56 heavy (non-hydrogen) atoms. The molecule has 1 aliphatic heterocycles. The molecule has 2 heterocycles. The van der Waals surface area contributed by atoms with E-state index >= 15 is 0 Å². The molecule has 280 valence electrons. The monoisotopic (exact) mass is 732 g/mol. The van der Waals surface area contributed by atoms with E-state index in [1.165, 1.54) is 55.2 Å². The van der Waals surface area contributed by atoms with E-state index in [0.717, 1.165) is 109 Å². The van der Waals surface area contributed by atoms with Gasteiger partial charge in [0, 0.05) is 58.0 Å². The summed E-state index contributed by atoms with van der Waals surface area (Å²) in [5.41, 5.74) is 19.1. The van der Waals surface area contributed by atoms with Crippen LogP contribution in [0, 0.1) is 5.41 Å². The molecule has 4 nitrogen and oxygen atoms in total. The Labute approximate surface area is 332 Å². The Morgan fingerprint density at radius 3 is 2.45 bits per heavy atom. The van der Waals surface area contributed by atoms with Gasteiger partial charge in [-0.15, -0.1) is 0 Å². The van der Waals surface area contributed by atoms with Gasteiger partial charge in [-0.1, -0.05) is 87.7 Å². The van der Waals surface area contributed by atoms with Crippen molar-refractivity contribution in [3.05, 3.63) is 174 Å². The molecule has 4 aromatic carbocycles. The zero-order valence-electron chi connectivity index (χ0n) is 33.0. The first kappa shape index (κ1) is 36.9. The van der Waals surface area contributed by atoms with Crippen LogP contribution in [0.1, 0.15) is 85.8 Å². The van der Waals surface area contributed by atoms with Crippen molar-refractivity contribution in [2.45, 2.75) is 78.1 Å². The van der Waals surface area contributed by atoms with Crippen molar-refractivity contribution in [1.82, 2.24) is 4.57 Å². The molecule has 5 aromatic rings. The van der Waals surface area contributed by atoms with Gasteiger partial charge in [-0.3, -0.25) is 4.99 Å². The van der Waals surface area contributed by atoms with Crippen molar-refractivity contribution in [3.8, 4) is 16.8 Å². The second-order valence-corrected chi connectivity index (χ2v) is 15.2. The largest absolute Gasteiger partial charge is 0.317 e. The van der Waals surface area contributed by atoms with E-state index in [-0.39, 0.29) is 0 Å². The Morgan fingerprint density at radius 1 is 0.929 bits per heavy atom. The molecule has 0 fully saturated rings. The third kappa shape index (κ3) is 6.57. The predicted octanol–water partition coefficient (Wildman–Crippen LogP) is 13.5. The normalized spacial score (nSPS) is 14.8. The first-order valence-electron chi connectivity index (χ1n) is 20.4. The summed E-state index contributed by atoms with van der Waals surface area (Å²) in [5.74, 6) is 0. The van der Waals surface area contributed by atoms with Crippen molar-refractivity contribution in [2.24, 2.45) is 4.99 Å². The van der Waals surface area contributed by atoms with Crippen LogP contribution in [0.2, 0.25) is 0 Å². The molecule has 0 atom stereocenters. The highest BCUT2D eigenvalue weighted by Crippen LogP contribution is 2.52. The number of aryl methyl sites for hydroxylation is 3. The zero-order valence-corrected chi connectivity index (χ0v) is 33.0. The molecule has 0 spiro atoms. The van der Waals surface area contributed by atoms with Gasteiger partial charge in [0.1, 0.15) is 0 Å². The SMILES string of the molecule is C=C/C=C(\C=C/C)N(/C=C\CC1=CCCC=N1)c1c(C(=C)C=C)cc2c3c1CCc1cc4c5cc(C(=N)CCCC)ccc5n(-c5ccccc5)c4c(c1-3)CC2. The third-order valence-corrected chi connectivity index (χ3v) is 11.6. The number of hydrogen-bond acceptors (Lipinski definition) is 3. The van der Waals surface area contributed by atoms with Crippen LogP contribution < -0.4 is 4.90 Å². The average Bonchev–Trinajstić information content (AvgIpc) is 3.57. The number of hydrogen-bond donors (Lipinski definition) is 1. The zero-order chi connectivity index (χ0) is 38.8. The second kappa shape index (κ2) is 16.0. The van der Waals surface area contributed by atoms with Crippen molar-refractivity contribution < 1.29 is 0 Å². The van der Waals surface area contributed by atoms with Gasteiger partial charge < -0.3 is 14.9 Å². The smallest absolute Gasteiger partial charge is 0.0579 e. The lowest BCUT2D eigenvalue weighted by atomic mass is 9.72. The second-order valence-electron chi connectivity index (χ2n) is 15.2. The summed E-state index contributed by atoms with van der Waals surface area (Å²) in [7, 11) is 0. The minimum Gasteiger partial charge on any atom is -0.317 e. The van der Waals surface area contributed by atoms with Gasteiger partial charge in [0.15, 0.2) is 0 Å². The highest BCUT2D eigenvalue weighted by molar-refractivity contribution is 6.15. The van der Waals surface area contributed by atoms with Crippen LogP contribution in [0.15, 0.2) is 146 Å². The molecule has 3 aliphatic rings. The Kier molecular flexibility index (Phi) is 10.6. The lowest BCUT2D eigenvalue weighted by Gasteiger charge is -2.36. The third-order valence-electron chi connectivity index (χ3n) is 11.6. The van der Waals surface area contributed by atoms with Gasteiger partial charge in [0.05, 0.1) is 16.7 Å². The molecule has 8 rings (SSSR count). The molecule has 1 aromatic heterocycles. The van der Waals surface area contributed by atoms with Crippen molar-refractivity contribution in [2.75, 3.05) is 4.90 Å².